The van der Waals surface area contributed by atoms with Crippen molar-refractivity contribution in [2.24, 2.45) is 0 Å². The number of hydrogen-bond donors (Lipinski definition) is 0. The van der Waals surface area contributed by atoms with Crippen LogP contribution in [0.3, 0.4) is 0 Å². The molecule has 0 fully saturated rings. The summed E-state index contributed by atoms with van der Waals surface area (Å²) in [5, 5.41) is 9.81. The van der Waals surface area contributed by atoms with Crippen molar-refractivity contribution in [2.45, 2.75) is 25.8 Å². The fourth-order valence-corrected chi connectivity index (χ4v) is 4.05. The van der Waals surface area contributed by atoms with Crippen LogP contribution in [0.15, 0.2) is 95.4 Å². The highest BCUT2D eigenvalue weighted by molar-refractivity contribution is 5.86. The molecule has 0 aliphatic carbocycles. The number of rotatable bonds is 6. The Hall–Kier alpha value is -3.66. The number of para-hydroxylation sites is 1. The van der Waals surface area contributed by atoms with Crippen molar-refractivity contribution in [3.05, 3.63) is 108 Å². The molecule has 0 aliphatic heterocycles. The van der Waals surface area contributed by atoms with Gasteiger partial charge in [0.25, 0.3) is 5.89 Å². The monoisotopic (exact) mass is 393 g/mol. The number of aromatic nitrogens is 3. The summed E-state index contributed by atoms with van der Waals surface area (Å²) >= 11 is 0. The van der Waals surface area contributed by atoms with Gasteiger partial charge in [-0.2, -0.15) is 0 Å². The number of hydrogen-bond acceptors (Lipinski definition) is 3. The SMILES string of the molecule is CCCc1nnc(-c2cc3ccccc3n2C(c2ccccc2)c2ccccc2)o1. The van der Waals surface area contributed by atoms with Crippen molar-refractivity contribution in [1.29, 1.82) is 0 Å². The molecule has 2 heterocycles. The Morgan fingerprint density at radius 1 is 0.800 bits per heavy atom. The van der Waals surface area contributed by atoms with Gasteiger partial charge in [0, 0.05) is 17.3 Å². The van der Waals surface area contributed by atoms with Crippen LogP contribution in [0, 0.1) is 0 Å². The summed E-state index contributed by atoms with van der Waals surface area (Å²) < 4.78 is 8.38. The molecule has 5 rings (SSSR count). The molecule has 148 valence electrons. The molecule has 4 nitrogen and oxygen atoms in total. The molecule has 0 saturated carbocycles. The maximum atomic E-state index is 6.06. The average Bonchev–Trinajstić information content (AvgIpc) is 3.41. The maximum Gasteiger partial charge on any atom is 0.264 e. The standard InChI is InChI=1S/C26H23N3O/c1-2-11-24-27-28-26(30-24)23-18-21-16-9-10-17-22(21)29(23)25(19-12-5-3-6-13-19)20-14-7-4-8-15-20/h3-10,12-18,25H,2,11H2,1H3. The fourth-order valence-electron chi connectivity index (χ4n) is 4.05. The zero-order valence-electron chi connectivity index (χ0n) is 16.9. The van der Waals surface area contributed by atoms with E-state index in [0.29, 0.717) is 11.8 Å². The molecular formula is C26H23N3O. The van der Waals surface area contributed by atoms with Crippen LogP contribution in [-0.4, -0.2) is 14.8 Å². The van der Waals surface area contributed by atoms with Gasteiger partial charge in [0.15, 0.2) is 0 Å². The number of benzene rings is 3. The first-order chi connectivity index (χ1) is 14.8. The van der Waals surface area contributed by atoms with Crippen LogP contribution in [0.4, 0.5) is 0 Å². The van der Waals surface area contributed by atoms with Gasteiger partial charge in [-0.3, -0.25) is 0 Å². The van der Waals surface area contributed by atoms with E-state index in [9.17, 15) is 0 Å². The van der Waals surface area contributed by atoms with Crippen LogP contribution in [0.5, 0.6) is 0 Å². The summed E-state index contributed by atoms with van der Waals surface area (Å²) in [4.78, 5) is 0. The molecule has 0 amide bonds. The van der Waals surface area contributed by atoms with Gasteiger partial charge in [-0.05, 0) is 29.7 Å². The lowest BCUT2D eigenvalue weighted by molar-refractivity contribution is 0.497. The average molecular weight is 393 g/mol. The Bertz CT molecular complexity index is 1220. The van der Waals surface area contributed by atoms with E-state index in [-0.39, 0.29) is 6.04 Å². The predicted molar refractivity (Wildman–Crippen MR) is 119 cm³/mol. The first-order valence-corrected chi connectivity index (χ1v) is 10.4. The minimum absolute atomic E-state index is 0.0103. The topological polar surface area (TPSA) is 43.9 Å². The molecule has 3 aromatic carbocycles. The zero-order chi connectivity index (χ0) is 20.3. The van der Waals surface area contributed by atoms with Crippen LogP contribution in [0.1, 0.15) is 36.4 Å². The van der Waals surface area contributed by atoms with E-state index in [1.165, 1.54) is 11.1 Å². The molecule has 0 N–H and O–H groups in total. The van der Waals surface area contributed by atoms with Gasteiger partial charge < -0.3 is 8.98 Å². The second-order valence-electron chi connectivity index (χ2n) is 7.43. The smallest absolute Gasteiger partial charge is 0.264 e. The van der Waals surface area contributed by atoms with Crippen molar-refractivity contribution in [1.82, 2.24) is 14.8 Å². The highest BCUT2D eigenvalue weighted by Crippen LogP contribution is 2.37. The van der Waals surface area contributed by atoms with E-state index >= 15 is 0 Å². The van der Waals surface area contributed by atoms with Crippen LogP contribution in [0.2, 0.25) is 0 Å². The van der Waals surface area contributed by atoms with Gasteiger partial charge in [-0.15, -0.1) is 10.2 Å². The lowest BCUT2D eigenvalue weighted by Crippen LogP contribution is -2.13. The van der Waals surface area contributed by atoms with Crippen molar-refractivity contribution in [3.63, 3.8) is 0 Å². The second kappa shape index (κ2) is 7.99. The van der Waals surface area contributed by atoms with Crippen LogP contribution in [-0.2, 0) is 6.42 Å². The minimum Gasteiger partial charge on any atom is -0.419 e. The Labute approximate surface area is 175 Å². The quantitative estimate of drug-likeness (QED) is 0.341. The first kappa shape index (κ1) is 18.4. The Balaban J connectivity index is 1.78. The van der Waals surface area contributed by atoms with Crippen molar-refractivity contribution in [2.75, 3.05) is 0 Å². The van der Waals surface area contributed by atoms with E-state index in [1.807, 2.05) is 0 Å². The minimum atomic E-state index is -0.0103. The van der Waals surface area contributed by atoms with Crippen molar-refractivity contribution < 1.29 is 4.42 Å². The van der Waals surface area contributed by atoms with E-state index in [4.69, 9.17) is 4.42 Å². The van der Waals surface area contributed by atoms with E-state index in [1.54, 1.807) is 0 Å². The van der Waals surface area contributed by atoms with Crippen LogP contribution in [0.25, 0.3) is 22.5 Å². The Morgan fingerprint density at radius 2 is 1.43 bits per heavy atom. The van der Waals surface area contributed by atoms with E-state index < -0.39 is 0 Å². The van der Waals surface area contributed by atoms with Crippen LogP contribution < -0.4 is 0 Å². The highest BCUT2D eigenvalue weighted by Gasteiger charge is 2.24. The zero-order valence-corrected chi connectivity index (χ0v) is 16.9. The summed E-state index contributed by atoms with van der Waals surface area (Å²) in [5.41, 5.74) is 4.49. The van der Waals surface area contributed by atoms with Gasteiger partial charge >= 0.3 is 0 Å². The predicted octanol–water partition coefficient (Wildman–Crippen LogP) is 6.28. The molecule has 4 heteroatoms. The molecule has 0 spiro atoms. The Morgan fingerprint density at radius 3 is 2.10 bits per heavy atom. The fraction of sp³-hybridized carbons (Fsp3) is 0.154. The largest absolute Gasteiger partial charge is 0.419 e. The third-order valence-corrected chi connectivity index (χ3v) is 5.39. The molecular weight excluding hydrogens is 370 g/mol. The third kappa shape index (κ3) is 3.30. The molecule has 0 atom stereocenters. The van der Waals surface area contributed by atoms with Gasteiger partial charge in [0.1, 0.15) is 5.69 Å². The summed E-state index contributed by atoms with van der Waals surface area (Å²) in [6.07, 6.45) is 1.76. The Kier molecular flexibility index (Phi) is 4.89. The normalized spacial score (nSPS) is 11.4. The first-order valence-electron chi connectivity index (χ1n) is 10.4. The summed E-state index contributed by atoms with van der Waals surface area (Å²) in [6.45, 7) is 2.11. The number of aryl methyl sites for hydroxylation is 1. The molecule has 0 aliphatic rings. The lowest BCUT2D eigenvalue weighted by Gasteiger charge is -2.23. The summed E-state index contributed by atoms with van der Waals surface area (Å²) in [5.74, 6) is 1.24. The number of nitrogens with zero attached hydrogens (tertiary/aromatic N) is 3. The van der Waals surface area contributed by atoms with Gasteiger partial charge in [0.05, 0.1) is 6.04 Å². The molecule has 30 heavy (non-hydrogen) atoms. The number of fused-ring (bicyclic) bond motifs is 1. The summed E-state index contributed by atoms with van der Waals surface area (Å²) in [7, 11) is 0. The maximum absolute atomic E-state index is 6.06. The van der Waals surface area contributed by atoms with E-state index in [0.717, 1.165) is 29.4 Å². The van der Waals surface area contributed by atoms with Gasteiger partial charge in [-0.25, -0.2) is 0 Å². The lowest BCUT2D eigenvalue weighted by atomic mass is 9.98. The second-order valence-corrected chi connectivity index (χ2v) is 7.43. The molecule has 0 saturated heterocycles. The molecule has 2 aromatic heterocycles. The third-order valence-electron chi connectivity index (χ3n) is 5.39. The van der Waals surface area contributed by atoms with Crippen LogP contribution >= 0.6 is 0 Å². The molecule has 0 unspecified atom stereocenters. The van der Waals surface area contributed by atoms with Crippen molar-refractivity contribution >= 4 is 10.9 Å². The highest BCUT2D eigenvalue weighted by atomic mass is 16.4. The molecule has 0 radical (unpaired) electrons. The molecule has 0 bridgehead atoms. The summed E-state index contributed by atoms with van der Waals surface area (Å²) in [6, 6.07) is 31.7. The molecule has 5 aromatic rings. The van der Waals surface area contributed by atoms with Crippen molar-refractivity contribution in [3.8, 4) is 11.6 Å². The van der Waals surface area contributed by atoms with Gasteiger partial charge in [-0.1, -0.05) is 85.8 Å². The van der Waals surface area contributed by atoms with E-state index in [2.05, 4.69) is 113 Å². The van der Waals surface area contributed by atoms with Gasteiger partial charge in [0.2, 0.25) is 5.89 Å².